The van der Waals surface area contributed by atoms with Crippen molar-refractivity contribution in [1.29, 1.82) is 0 Å². The van der Waals surface area contributed by atoms with E-state index < -0.39 is 0 Å². The molecular weight excluding hydrogens is 306 g/mol. The summed E-state index contributed by atoms with van der Waals surface area (Å²) in [6, 6.07) is 5.39. The van der Waals surface area contributed by atoms with Gasteiger partial charge in [0.1, 0.15) is 0 Å². The van der Waals surface area contributed by atoms with Crippen LogP contribution in [-0.2, 0) is 0 Å². The first kappa shape index (κ1) is 16.1. The number of rotatable bonds is 5. The van der Waals surface area contributed by atoms with Gasteiger partial charge in [0.2, 0.25) is 5.95 Å². The van der Waals surface area contributed by atoms with E-state index in [4.69, 9.17) is 0 Å². The van der Waals surface area contributed by atoms with Crippen molar-refractivity contribution in [2.45, 2.75) is 13.3 Å². The Balaban J connectivity index is 1.57. The number of piperazine rings is 1. The fraction of sp³-hybridized carbons (Fsp3) is 0.438. The Labute approximate surface area is 140 Å². The Kier molecular flexibility index (Phi) is 5.15. The highest BCUT2D eigenvalue weighted by molar-refractivity contribution is 5.92. The number of carbonyl (C=O) groups excluding carboxylic acids is 1. The standard InChI is InChI=1S/C16H21N7O/c1-2-6-17-15(24)13-4-5-14(21-20-13)22-9-11-23(12-10-22)16-18-7-3-8-19-16/h3-5,7-8H,2,6,9-12H2,1H3,(H,17,24). The summed E-state index contributed by atoms with van der Waals surface area (Å²) < 4.78 is 0. The first-order chi connectivity index (χ1) is 11.8. The first-order valence-electron chi connectivity index (χ1n) is 8.17. The van der Waals surface area contributed by atoms with Crippen LogP contribution in [0.4, 0.5) is 11.8 Å². The molecule has 1 amide bonds. The van der Waals surface area contributed by atoms with Gasteiger partial charge in [-0.1, -0.05) is 6.92 Å². The van der Waals surface area contributed by atoms with Crippen molar-refractivity contribution >= 4 is 17.7 Å². The van der Waals surface area contributed by atoms with Gasteiger partial charge in [-0.15, -0.1) is 10.2 Å². The number of hydrogen-bond donors (Lipinski definition) is 1. The third-order valence-corrected chi connectivity index (χ3v) is 3.86. The van der Waals surface area contributed by atoms with Gasteiger partial charge < -0.3 is 15.1 Å². The van der Waals surface area contributed by atoms with Gasteiger partial charge >= 0.3 is 0 Å². The summed E-state index contributed by atoms with van der Waals surface area (Å²) in [7, 11) is 0. The smallest absolute Gasteiger partial charge is 0.271 e. The molecule has 0 bridgehead atoms. The molecule has 0 radical (unpaired) electrons. The molecular formula is C16H21N7O. The molecule has 3 rings (SSSR count). The summed E-state index contributed by atoms with van der Waals surface area (Å²) in [4.78, 5) is 24.7. The van der Waals surface area contributed by atoms with Crippen molar-refractivity contribution in [2.75, 3.05) is 42.5 Å². The fourth-order valence-electron chi connectivity index (χ4n) is 2.53. The summed E-state index contributed by atoms with van der Waals surface area (Å²) in [5, 5.41) is 11.0. The van der Waals surface area contributed by atoms with Gasteiger partial charge in [-0.05, 0) is 24.6 Å². The van der Waals surface area contributed by atoms with Crippen LogP contribution in [0.5, 0.6) is 0 Å². The Morgan fingerprint density at radius 1 is 1.08 bits per heavy atom. The van der Waals surface area contributed by atoms with Crippen LogP contribution in [-0.4, -0.2) is 58.8 Å². The van der Waals surface area contributed by atoms with Crippen LogP contribution < -0.4 is 15.1 Å². The minimum Gasteiger partial charge on any atom is -0.352 e. The summed E-state index contributed by atoms with van der Waals surface area (Å²) in [5.74, 6) is 1.36. The van der Waals surface area contributed by atoms with Gasteiger partial charge in [0.25, 0.3) is 5.91 Å². The highest BCUT2D eigenvalue weighted by atomic mass is 16.1. The molecule has 8 heteroatoms. The number of aromatic nitrogens is 4. The summed E-state index contributed by atoms with van der Waals surface area (Å²) >= 11 is 0. The van der Waals surface area contributed by atoms with Crippen molar-refractivity contribution in [3.05, 3.63) is 36.3 Å². The molecule has 0 spiro atoms. The van der Waals surface area contributed by atoms with E-state index in [0.717, 1.165) is 44.4 Å². The summed E-state index contributed by atoms with van der Waals surface area (Å²) in [5.41, 5.74) is 0.350. The zero-order chi connectivity index (χ0) is 16.8. The lowest BCUT2D eigenvalue weighted by Crippen LogP contribution is -2.47. The number of anilines is 2. The number of nitrogens with one attached hydrogen (secondary N) is 1. The van der Waals surface area contributed by atoms with Crippen molar-refractivity contribution in [3.63, 3.8) is 0 Å². The Bertz CT molecular complexity index is 654. The van der Waals surface area contributed by atoms with Gasteiger partial charge in [-0.25, -0.2) is 9.97 Å². The van der Waals surface area contributed by atoms with E-state index in [1.807, 2.05) is 19.1 Å². The van der Waals surface area contributed by atoms with E-state index in [2.05, 4.69) is 35.3 Å². The van der Waals surface area contributed by atoms with Crippen LogP contribution in [0.3, 0.4) is 0 Å². The zero-order valence-corrected chi connectivity index (χ0v) is 13.7. The number of carbonyl (C=O) groups is 1. The molecule has 2 aromatic rings. The minimum absolute atomic E-state index is 0.179. The minimum atomic E-state index is -0.179. The molecule has 24 heavy (non-hydrogen) atoms. The second-order valence-corrected chi connectivity index (χ2v) is 5.56. The van der Waals surface area contributed by atoms with E-state index in [9.17, 15) is 4.79 Å². The lowest BCUT2D eigenvalue weighted by Gasteiger charge is -2.35. The van der Waals surface area contributed by atoms with Gasteiger partial charge in [0.05, 0.1) is 0 Å². The quantitative estimate of drug-likeness (QED) is 0.866. The fourth-order valence-corrected chi connectivity index (χ4v) is 2.53. The van der Waals surface area contributed by atoms with Gasteiger partial charge in [-0.3, -0.25) is 4.79 Å². The normalized spacial score (nSPS) is 14.5. The predicted molar refractivity (Wildman–Crippen MR) is 91.1 cm³/mol. The summed E-state index contributed by atoms with van der Waals surface area (Å²) in [6.45, 7) is 5.93. The lowest BCUT2D eigenvalue weighted by atomic mass is 10.3. The molecule has 1 aliphatic heterocycles. The van der Waals surface area contributed by atoms with E-state index in [1.165, 1.54) is 0 Å². The third kappa shape index (κ3) is 3.76. The zero-order valence-electron chi connectivity index (χ0n) is 13.7. The topological polar surface area (TPSA) is 87.1 Å². The molecule has 8 nitrogen and oxygen atoms in total. The molecule has 0 saturated carbocycles. The van der Waals surface area contributed by atoms with Crippen LogP contribution in [0.25, 0.3) is 0 Å². The Morgan fingerprint density at radius 3 is 2.42 bits per heavy atom. The molecule has 0 aliphatic carbocycles. The molecule has 3 heterocycles. The first-order valence-corrected chi connectivity index (χ1v) is 8.17. The van der Waals surface area contributed by atoms with E-state index >= 15 is 0 Å². The lowest BCUT2D eigenvalue weighted by molar-refractivity contribution is 0.0947. The van der Waals surface area contributed by atoms with Gasteiger partial charge in [0, 0.05) is 45.1 Å². The molecule has 1 N–H and O–H groups in total. The van der Waals surface area contributed by atoms with Crippen molar-refractivity contribution < 1.29 is 4.79 Å². The average Bonchev–Trinajstić information content (AvgIpc) is 2.67. The monoisotopic (exact) mass is 327 g/mol. The molecule has 1 saturated heterocycles. The van der Waals surface area contributed by atoms with Gasteiger partial charge in [0.15, 0.2) is 11.5 Å². The highest BCUT2D eigenvalue weighted by Crippen LogP contribution is 2.15. The maximum absolute atomic E-state index is 11.8. The van der Waals surface area contributed by atoms with E-state index in [-0.39, 0.29) is 5.91 Å². The van der Waals surface area contributed by atoms with Gasteiger partial charge in [-0.2, -0.15) is 0 Å². The number of hydrogen-bond acceptors (Lipinski definition) is 7. The Hall–Kier alpha value is -2.77. The number of amides is 1. The maximum Gasteiger partial charge on any atom is 0.271 e. The maximum atomic E-state index is 11.8. The largest absolute Gasteiger partial charge is 0.352 e. The molecule has 1 aliphatic rings. The van der Waals surface area contributed by atoms with Crippen molar-refractivity contribution in [3.8, 4) is 0 Å². The van der Waals surface area contributed by atoms with Crippen LogP contribution in [0.15, 0.2) is 30.6 Å². The molecule has 0 atom stereocenters. The summed E-state index contributed by atoms with van der Waals surface area (Å²) in [6.07, 6.45) is 4.40. The van der Waals surface area contributed by atoms with Crippen molar-refractivity contribution in [2.24, 2.45) is 0 Å². The van der Waals surface area contributed by atoms with Crippen LogP contribution in [0.1, 0.15) is 23.8 Å². The Morgan fingerprint density at radius 2 is 1.79 bits per heavy atom. The second kappa shape index (κ2) is 7.67. The van der Waals surface area contributed by atoms with Crippen LogP contribution in [0.2, 0.25) is 0 Å². The number of nitrogens with zero attached hydrogens (tertiary/aromatic N) is 6. The molecule has 2 aromatic heterocycles. The highest BCUT2D eigenvalue weighted by Gasteiger charge is 2.20. The predicted octanol–water partition coefficient (Wildman–Crippen LogP) is 0.733. The SMILES string of the molecule is CCCNC(=O)c1ccc(N2CCN(c3ncccn3)CC2)nn1. The third-order valence-electron chi connectivity index (χ3n) is 3.86. The van der Waals surface area contributed by atoms with E-state index in [1.54, 1.807) is 18.5 Å². The molecule has 126 valence electrons. The molecule has 0 aromatic carbocycles. The van der Waals surface area contributed by atoms with Crippen LogP contribution >= 0.6 is 0 Å². The molecule has 0 unspecified atom stereocenters. The average molecular weight is 327 g/mol. The second-order valence-electron chi connectivity index (χ2n) is 5.56. The molecule has 1 fully saturated rings. The van der Waals surface area contributed by atoms with Crippen molar-refractivity contribution in [1.82, 2.24) is 25.5 Å². The van der Waals surface area contributed by atoms with Crippen LogP contribution in [0, 0.1) is 0 Å². The van der Waals surface area contributed by atoms with E-state index in [0.29, 0.717) is 12.2 Å².